The average molecular weight is 272 g/mol. The van der Waals surface area contributed by atoms with Gasteiger partial charge in [-0.2, -0.15) is 13.2 Å². The van der Waals surface area contributed by atoms with Crippen LogP contribution in [0.15, 0.2) is 30.3 Å². The van der Waals surface area contributed by atoms with E-state index in [1.165, 1.54) is 12.1 Å². The van der Waals surface area contributed by atoms with Crippen molar-refractivity contribution in [1.82, 2.24) is 10.4 Å². The summed E-state index contributed by atoms with van der Waals surface area (Å²) >= 11 is 0. The maximum absolute atomic E-state index is 13.2. The number of carbonyl (C=O) groups is 1. The molecule has 3 nitrogen and oxygen atoms in total. The number of alkyl halides is 3. The van der Waals surface area contributed by atoms with E-state index in [2.05, 4.69) is 5.43 Å². The molecule has 1 aliphatic heterocycles. The molecule has 1 aromatic rings. The largest absolute Gasteiger partial charge is 0.409 e. The maximum Gasteiger partial charge on any atom is 0.409 e. The number of rotatable bonds is 2. The Morgan fingerprint density at radius 1 is 1.26 bits per heavy atom. The molecule has 1 heterocycles. The highest BCUT2D eigenvalue weighted by Crippen LogP contribution is 2.40. The van der Waals surface area contributed by atoms with Crippen LogP contribution in [0.3, 0.4) is 0 Å². The minimum Gasteiger partial charge on any atom is -0.287 e. The molecule has 1 amide bonds. The minimum absolute atomic E-state index is 0.0188. The van der Waals surface area contributed by atoms with Gasteiger partial charge in [0.05, 0.1) is 5.41 Å². The summed E-state index contributed by atoms with van der Waals surface area (Å²) < 4.78 is 39.7. The SMILES string of the molecule is CC1(C)CN([C@@H](c2ccccc2)C(F)(F)F)NC1=O. The Morgan fingerprint density at radius 3 is 2.26 bits per heavy atom. The molecule has 0 aromatic heterocycles. The Bertz CT molecular complexity index is 471. The van der Waals surface area contributed by atoms with Crippen LogP contribution in [0.1, 0.15) is 25.5 Å². The van der Waals surface area contributed by atoms with Gasteiger partial charge in [0.1, 0.15) is 6.04 Å². The third-order valence-corrected chi connectivity index (χ3v) is 3.16. The summed E-state index contributed by atoms with van der Waals surface area (Å²) in [6.45, 7) is 3.27. The number of benzene rings is 1. The fourth-order valence-electron chi connectivity index (χ4n) is 2.16. The quantitative estimate of drug-likeness (QED) is 0.897. The van der Waals surface area contributed by atoms with Gasteiger partial charge in [0, 0.05) is 6.54 Å². The average Bonchev–Trinajstić information content (AvgIpc) is 2.52. The van der Waals surface area contributed by atoms with Crippen LogP contribution in [0.25, 0.3) is 0 Å². The van der Waals surface area contributed by atoms with E-state index in [4.69, 9.17) is 0 Å². The zero-order valence-electron chi connectivity index (χ0n) is 10.7. The monoisotopic (exact) mass is 272 g/mol. The van der Waals surface area contributed by atoms with Crippen LogP contribution in [0, 0.1) is 5.41 Å². The van der Waals surface area contributed by atoms with Crippen molar-refractivity contribution in [2.45, 2.75) is 26.1 Å². The second kappa shape index (κ2) is 4.52. The van der Waals surface area contributed by atoms with E-state index < -0.39 is 23.5 Å². The van der Waals surface area contributed by atoms with Crippen LogP contribution in [0.2, 0.25) is 0 Å². The van der Waals surface area contributed by atoms with Gasteiger partial charge in [-0.05, 0) is 19.4 Å². The van der Waals surface area contributed by atoms with Gasteiger partial charge in [0.25, 0.3) is 0 Å². The van der Waals surface area contributed by atoms with Gasteiger partial charge in [0.15, 0.2) is 0 Å². The van der Waals surface area contributed by atoms with E-state index in [-0.39, 0.29) is 12.1 Å². The van der Waals surface area contributed by atoms with Crippen molar-refractivity contribution in [3.63, 3.8) is 0 Å². The van der Waals surface area contributed by atoms with E-state index in [1.807, 2.05) is 0 Å². The number of carbonyl (C=O) groups excluding carboxylic acids is 1. The lowest BCUT2D eigenvalue weighted by molar-refractivity contribution is -0.191. The molecule has 0 spiro atoms. The van der Waals surface area contributed by atoms with Crippen molar-refractivity contribution in [3.8, 4) is 0 Å². The molecule has 1 atom stereocenters. The van der Waals surface area contributed by atoms with Crippen molar-refractivity contribution in [2.75, 3.05) is 6.54 Å². The summed E-state index contributed by atoms with van der Waals surface area (Å²) in [5.74, 6) is -0.391. The van der Waals surface area contributed by atoms with Gasteiger partial charge in [-0.1, -0.05) is 30.3 Å². The van der Waals surface area contributed by atoms with Crippen LogP contribution in [0.5, 0.6) is 0 Å². The molecule has 1 aromatic carbocycles. The number of nitrogens with zero attached hydrogens (tertiary/aromatic N) is 1. The van der Waals surface area contributed by atoms with Gasteiger partial charge >= 0.3 is 6.18 Å². The number of nitrogens with one attached hydrogen (secondary N) is 1. The molecule has 0 aliphatic carbocycles. The first kappa shape index (κ1) is 13.9. The highest BCUT2D eigenvalue weighted by atomic mass is 19.4. The standard InChI is InChI=1S/C13H15F3N2O/c1-12(2)8-18(17-11(12)19)10(13(14,15)16)9-6-4-3-5-7-9/h3-7,10H,8H2,1-2H3,(H,17,19)/t10-/m0/s1. The Hall–Kier alpha value is -1.56. The number of hydrogen-bond donors (Lipinski definition) is 1. The number of amides is 1. The maximum atomic E-state index is 13.2. The Labute approximate surface area is 109 Å². The predicted octanol–water partition coefficient (Wildman–Crippen LogP) is 2.66. The first-order chi connectivity index (χ1) is 8.72. The van der Waals surface area contributed by atoms with Crippen LogP contribution >= 0.6 is 0 Å². The molecule has 104 valence electrons. The van der Waals surface area contributed by atoms with Crippen molar-refractivity contribution < 1.29 is 18.0 Å². The molecule has 0 radical (unpaired) electrons. The van der Waals surface area contributed by atoms with Crippen molar-refractivity contribution in [1.29, 1.82) is 0 Å². The van der Waals surface area contributed by atoms with Crippen LogP contribution in [0.4, 0.5) is 13.2 Å². The molecule has 1 fully saturated rings. The summed E-state index contributed by atoms with van der Waals surface area (Å²) in [5.41, 5.74) is 1.62. The lowest BCUT2D eigenvalue weighted by Gasteiger charge is -2.29. The summed E-state index contributed by atoms with van der Waals surface area (Å²) in [6.07, 6.45) is -4.45. The zero-order valence-corrected chi connectivity index (χ0v) is 10.7. The molecule has 0 saturated carbocycles. The van der Waals surface area contributed by atoms with Crippen molar-refractivity contribution in [2.24, 2.45) is 5.41 Å². The second-order valence-electron chi connectivity index (χ2n) is 5.31. The molecule has 1 aliphatic rings. The van der Waals surface area contributed by atoms with Gasteiger partial charge in [-0.25, -0.2) is 5.01 Å². The smallest absolute Gasteiger partial charge is 0.287 e. The normalized spacial score (nSPS) is 21.2. The van der Waals surface area contributed by atoms with E-state index in [0.717, 1.165) is 5.01 Å². The second-order valence-corrected chi connectivity index (χ2v) is 5.31. The van der Waals surface area contributed by atoms with Gasteiger partial charge in [0.2, 0.25) is 5.91 Å². The van der Waals surface area contributed by atoms with Gasteiger partial charge in [-0.3, -0.25) is 10.2 Å². The first-order valence-electron chi connectivity index (χ1n) is 5.91. The molecular formula is C13H15F3N2O. The predicted molar refractivity (Wildman–Crippen MR) is 63.9 cm³/mol. The highest BCUT2D eigenvalue weighted by molar-refractivity contribution is 5.83. The van der Waals surface area contributed by atoms with Gasteiger partial charge < -0.3 is 0 Å². The van der Waals surface area contributed by atoms with Gasteiger partial charge in [-0.15, -0.1) is 0 Å². The van der Waals surface area contributed by atoms with Crippen molar-refractivity contribution >= 4 is 5.91 Å². The number of halogens is 3. The lowest BCUT2D eigenvalue weighted by atomic mass is 9.94. The van der Waals surface area contributed by atoms with E-state index in [9.17, 15) is 18.0 Å². The molecule has 19 heavy (non-hydrogen) atoms. The summed E-state index contributed by atoms with van der Waals surface area (Å²) in [6, 6.07) is 5.77. The zero-order chi connectivity index (χ0) is 14.3. The highest BCUT2D eigenvalue weighted by Gasteiger charge is 2.50. The van der Waals surface area contributed by atoms with E-state index in [0.29, 0.717) is 0 Å². The van der Waals surface area contributed by atoms with Crippen LogP contribution < -0.4 is 5.43 Å². The fourth-order valence-corrected chi connectivity index (χ4v) is 2.16. The van der Waals surface area contributed by atoms with Crippen LogP contribution in [-0.4, -0.2) is 23.6 Å². The van der Waals surface area contributed by atoms with Crippen LogP contribution in [-0.2, 0) is 4.79 Å². The Morgan fingerprint density at radius 2 is 1.84 bits per heavy atom. The molecule has 1 N–H and O–H groups in total. The third-order valence-electron chi connectivity index (χ3n) is 3.16. The Balaban J connectivity index is 2.34. The molecule has 0 unspecified atom stereocenters. The molecule has 0 bridgehead atoms. The number of hydrazine groups is 1. The molecule has 1 saturated heterocycles. The lowest BCUT2D eigenvalue weighted by Crippen LogP contribution is -2.43. The first-order valence-corrected chi connectivity index (χ1v) is 5.91. The van der Waals surface area contributed by atoms with E-state index in [1.54, 1.807) is 32.0 Å². The molecule has 6 heteroatoms. The molecular weight excluding hydrogens is 257 g/mol. The summed E-state index contributed by atoms with van der Waals surface area (Å²) in [7, 11) is 0. The fraction of sp³-hybridized carbons (Fsp3) is 0.462. The Kier molecular flexibility index (Phi) is 3.30. The topological polar surface area (TPSA) is 32.3 Å². The third kappa shape index (κ3) is 2.73. The summed E-state index contributed by atoms with van der Waals surface area (Å²) in [4.78, 5) is 11.6. The summed E-state index contributed by atoms with van der Waals surface area (Å²) in [5, 5.41) is 0.970. The van der Waals surface area contributed by atoms with E-state index >= 15 is 0 Å². The number of hydrogen-bond acceptors (Lipinski definition) is 2. The van der Waals surface area contributed by atoms with Crippen molar-refractivity contribution in [3.05, 3.63) is 35.9 Å². The molecule has 2 rings (SSSR count). The minimum atomic E-state index is -4.45.